The number of hydrogen-bond donors (Lipinski definition) is 0. The summed E-state index contributed by atoms with van der Waals surface area (Å²) in [6, 6.07) is 0. The maximum atomic E-state index is 4.02. The zero-order chi connectivity index (χ0) is 17.5. The van der Waals surface area contributed by atoms with E-state index in [9.17, 15) is 0 Å². The van der Waals surface area contributed by atoms with Gasteiger partial charge >= 0.3 is 0 Å². The van der Waals surface area contributed by atoms with E-state index in [1.165, 1.54) is 44.1 Å². The van der Waals surface area contributed by atoms with Crippen molar-refractivity contribution in [3.63, 3.8) is 0 Å². The van der Waals surface area contributed by atoms with Crippen LogP contribution in [-0.4, -0.2) is 0 Å². The van der Waals surface area contributed by atoms with Gasteiger partial charge in [-0.1, -0.05) is 77.0 Å². The molecule has 130 valence electrons. The minimum Gasteiger partial charge on any atom is -0.0998 e. The monoisotopic (exact) mass is 314 g/mol. The molecule has 0 bridgehead atoms. The Balaban J connectivity index is 0.000000816. The van der Waals surface area contributed by atoms with Crippen LogP contribution in [0.5, 0.6) is 0 Å². The summed E-state index contributed by atoms with van der Waals surface area (Å²) in [6.45, 7) is 17.5. The zero-order valence-corrected chi connectivity index (χ0v) is 16.5. The Morgan fingerprint density at radius 2 is 1.74 bits per heavy atom. The van der Waals surface area contributed by atoms with Crippen molar-refractivity contribution in [1.29, 1.82) is 0 Å². The van der Waals surface area contributed by atoms with Crippen molar-refractivity contribution in [3.8, 4) is 0 Å². The number of allylic oxidation sites excluding steroid dienone is 7. The van der Waals surface area contributed by atoms with Crippen molar-refractivity contribution >= 4 is 0 Å². The SMILES string of the molecule is C=C(C)CC1=CC=C(C2=CCC(C(C)(C)C)CC2)CC1.CCC. The third-order valence-corrected chi connectivity index (χ3v) is 4.81. The molecule has 2 rings (SSSR count). The molecular weight excluding hydrogens is 276 g/mol. The van der Waals surface area contributed by atoms with Gasteiger partial charge in [0, 0.05) is 0 Å². The predicted molar refractivity (Wildman–Crippen MR) is 106 cm³/mol. The molecule has 0 aromatic heterocycles. The molecule has 2 aliphatic carbocycles. The van der Waals surface area contributed by atoms with E-state index in [2.05, 4.69) is 66.3 Å². The highest BCUT2D eigenvalue weighted by Gasteiger charge is 2.26. The van der Waals surface area contributed by atoms with Crippen LogP contribution >= 0.6 is 0 Å². The molecule has 0 saturated heterocycles. The minimum atomic E-state index is 0.456. The molecule has 0 heteroatoms. The molecule has 0 nitrogen and oxygen atoms in total. The van der Waals surface area contributed by atoms with Gasteiger partial charge in [0.1, 0.15) is 0 Å². The van der Waals surface area contributed by atoms with Gasteiger partial charge in [0.2, 0.25) is 0 Å². The van der Waals surface area contributed by atoms with E-state index in [0.29, 0.717) is 5.41 Å². The molecule has 23 heavy (non-hydrogen) atoms. The van der Waals surface area contributed by atoms with Crippen LogP contribution in [-0.2, 0) is 0 Å². The summed E-state index contributed by atoms with van der Waals surface area (Å²) in [5, 5.41) is 0. The van der Waals surface area contributed by atoms with Gasteiger partial charge in [0.15, 0.2) is 0 Å². The van der Waals surface area contributed by atoms with E-state index in [-0.39, 0.29) is 0 Å². The first-order chi connectivity index (χ1) is 10.8. The van der Waals surface area contributed by atoms with Gasteiger partial charge < -0.3 is 0 Å². The van der Waals surface area contributed by atoms with Crippen LogP contribution in [0.25, 0.3) is 0 Å². The highest BCUT2D eigenvalue weighted by Crippen LogP contribution is 2.40. The van der Waals surface area contributed by atoms with Crippen molar-refractivity contribution < 1.29 is 0 Å². The smallest absolute Gasteiger partial charge is 0.0111 e. The van der Waals surface area contributed by atoms with Crippen LogP contribution in [0.2, 0.25) is 0 Å². The van der Waals surface area contributed by atoms with E-state index in [4.69, 9.17) is 0 Å². The first-order valence-electron chi connectivity index (χ1n) is 9.50. The highest BCUT2D eigenvalue weighted by molar-refractivity contribution is 5.39. The van der Waals surface area contributed by atoms with Crippen molar-refractivity contribution in [2.24, 2.45) is 11.3 Å². The molecule has 1 atom stereocenters. The summed E-state index contributed by atoms with van der Waals surface area (Å²) in [4.78, 5) is 0. The molecule has 0 aromatic rings. The summed E-state index contributed by atoms with van der Waals surface area (Å²) in [5.74, 6) is 0.852. The topological polar surface area (TPSA) is 0 Å². The van der Waals surface area contributed by atoms with E-state index in [1.54, 1.807) is 16.7 Å². The first kappa shape index (κ1) is 20.0. The van der Waals surface area contributed by atoms with Crippen molar-refractivity contribution in [1.82, 2.24) is 0 Å². The molecule has 0 amide bonds. The lowest BCUT2D eigenvalue weighted by Gasteiger charge is -2.34. The van der Waals surface area contributed by atoms with Crippen LogP contribution in [0.15, 0.2) is 47.1 Å². The van der Waals surface area contributed by atoms with Crippen molar-refractivity contribution in [2.75, 3.05) is 0 Å². The number of hydrogen-bond acceptors (Lipinski definition) is 0. The molecule has 0 N–H and O–H groups in total. The summed E-state index contributed by atoms with van der Waals surface area (Å²) in [5.41, 5.74) is 6.49. The van der Waals surface area contributed by atoms with Gasteiger partial charge in [-0.25, -0.2) is 0 Å². The summed E-state index contributed by atoms with van der Waals surface area (Å²) >= 11 is 0. The molecule has 0 radical (unpaired) electrons. The molecule has 0 heterocycles. The van der Waals surface area contributed by atoms with Gasteiger partial charge in [0.05, 0.1) is 0 Å². The van der Waals surface area contributed by atoms with Crippen LogP contribution in [0.1, 0.15) is 86.5 Å². The average Bonchev–Trinajstić information content (AvgIpc) is 2.47. The molecule has 1 unspecified atom stereocenters. The summed E-state index contributed by atoms with van der Waals surface area (Å²) in [6.07, 6.45) is 15.9. The maximum absolute atomic E-state index is 4.02. The fraction of sp³-hybridized carbons (Fsp3) is 0.652. The third-order valence-electron chi connectivity index (χ3n) is 4.81. The second-order valence-corrected chi connectivity index (χ2v) is 8.42. The Bertz CT molecular complexity index is 477. The second kappa shape index (κ2) is 9.30. The normalized spacial score (nSPS) is 21.5. The van der Waals surface area contributed by atoms with Gasteiger partial charge in [-0.3, -0.25) is 0 Å². The van der Waals surface area contributed by atoms with E-state index in [1.807, 2.05) is 0 Å². The van der Waals surface area contributed by atoms with Crippen LogP contribution < -0.4 is 0 Å². The second-order valence-electron chi connectivity index (χ2n) is 8.42. The van der Waals surface area contributed by atoms with Gasteiger partial charge in [-0.05, 0) is 67.9 Å². The molecule has 0 saturated carbocycles. The quantitative estimate of drug-likeness (QED) is 0.466. The van der Waals surface area contributed by atoms with Gasteiger partial charge in [-0.2, -0.15) is 0 Å². The lowest BCUT2D eigenvalue weighted by Crippen LogP contribution is -2.22. The Morgan fingerprint density at radius 3 is 2.13 bits per heavy atom. The van der Waals surface area contributed by atoms with Gasteiger partial charge in [0.25, 0.3) is 0 Å². The minimum absolute atomic E-state index is 0.456. The van der Waals surface area contributed by atoms with E-state index < -0.39 is 0 Å². The summed E-state index contributed by atoms with van der Waals surface area (Å²) < 4.78 is 0. The molecule has 2 aliphatic rings. The average molecular weight is 315 g/mol. The highest BCUT2D eigenvalue weighted by atomic mass is 14.3. The van der Waals surface area contributed by atoms with Crippen LogP contribution in [0, 0.1) is 11.3 Å². The van der Waals surface area contributed by atoms with E-state index >= 15 is 0 Å². The molecular formula is C23H38. The fourth-order valence-corrected chi connectivity index (χ4v) is 3.40. The molecule has 0 spiro atoms. The number of rotatable bonds is 3. The maximum Gasteiger partial charge on any atom is -0.0111 e. The van der Waals surface area contributed by atoms with Crippen LogP contribution in [0.3, 0.4) is 0 Å². The lowest BCUT2D eigenvalue weighted by molar-refractivity contribution is 0.221. The zero-order valence-electron chi connectivity index (χ0n) is 16.5. The molecule has 0 fully saturated rings. The Hall–Kier alpha value is -1.04. The third kappa shape index (κ3) is 6.94. The predicted octanol–water partition coefficient (Wildman–Crippen LogP) is 7.79. The molecule has 0 aromatic carbocycles. The van der Waals surface area contributed by atoms with Crippen LogP contribution in [0.4, 0.5) is 0 Å². The van der Waals surface area contributed by atoms with Crippen molar-refractivity contribution in [3.05, 3.63) is 47.1 Å². The Morgan fingerprint density at radius 1 is 1.09 bits per heavy atom. The lowest BCUT2D eigenvalue weighted by atomic mass is 9.72. The van der Waals surface area contributed by atoms with E-state index in [0.717, 1.165) is 12.3 Å². The molecule has 0 aliphatic heterocycles. The van der Waals surface area contributed by atoms with Gasteiger partial charge in [-0.15, -0.1) is 0 Å². The van der Waals surface area contributed by atoms with Crippen molar-refractivity contribution in [2.45, 2.75) is 86.5 Å². The largest absolute Gasteiger partial charge is 0.0998 e. The Kier molecular flexibility index (Phi) is 8.09. The Labute approximate surface area is 145 Å². The standard InChI is InChI=1S/C20H30.C3H8/c1-15(2)14-16-6-8-17(9-7-16)18-10-12-19(13-11-18)20(3,4)5;1-3-2/h6,8,10,19H,1,7,9,11-14H2,2-5H3;3H2,1-2H3. The fourth-order valence-electron chi connectivity index (χ4n) is 3.40. The summed E-state index contributed by atoms with van der Waals surface area (Å²) in [7, 11) is 0. The first-order valence-corrected chi connectivity index (χ1v) is 9.50.